The zero-order valence-electron chi connectivity index (χ0n) is 21.2. The van der Waals surface area contributed by atoms with E-state index in [4.69, 9.17) is 17.0 Å². The molecule has 2 aliphatic rings. The van der Waals surface area contributed by atoms with Gasteiger partial charge in [-0.15, -0.1) is 10.2 Å². The first kappa shape index (κ1) is 25.4. The smallest absolute Gasteiger partial charge is 0.246 e. The van der Waals surface area contributed by atoms with Gasteiger partial charge in [0.25, 0.3) is 0 Å². The van der Waals surface area contributed by atoms with E-state index in [1.807, 2.05) is 18.3 Å². The van der Waals surface area contributed by atoms with Crippen LogP contribution < -0.4 is 10.6 Å². The summed E-state index contributed by atoms with van der Waals surface area (Å²) in [5, 5.41) is 23.0. The largest absolute Gasteiger partial charge is 0.375 e. The number of alkyl halides is 2. The quantitative estimate of drug-likeness (QED) is 0.311. The lowest BCUT2D eigenvalue weighted by atomic mass is 9.64. The maximum atomic E-state index is 14.2. The summed E-state index contributed by atoms with van der Waals surface area (Å²) in [6, 6.07) is 3.98. The zero-order chi connectivity index (χ0) is 26.4. The Kier molecular flexibility index (Phi) is 6.55. The number of pyridine rings is 1. The highest BCUT2D eigenvalue weighted by molar-refractivity contribution is 6.33. The molecule has 11 heteroatoms. The van der Waals surface area contributed by atoms with Crippen molar-refractivity contribution in [3.05, 3.63) is 47.3 Å². The van der Waals surface area contributed by atoms with Crippen molar-refractivity contribution < 1.29 is 8.78 Å². The van der Waals surface area contributed by atoms with Crippen molar-refractivity contribution in [1.82, 2.24) is 29.6 Å². The van der Waals surface area contributed by atoms with E-state index in [2.05, 4.69) is 41.9 Å². The van der Waals surface area contributed by atoms with Crippen LogP contribution in [0.5, 0.6) is 0 Å². The van der Waals surface area contributed by atoms with Crippen LogP contribution >= 0.6 is 11.6 Å². The van der Waals surface area contributed by atoms with Crippen LogP contribution in [0.2, 0.25) is 5.02 Å². The van der Waals surface area contributed by atoms with E-state index in [-0.39, 0.29) is 12.5 Å². The van der Waals surface area contributed by atoms with E-state index in [0.717, 1.165) is 43.1 Å². The maximum Gasteiger partial charge on any atom is 0.246 e. The first-order chi connectivity index (χ1) is 17.6. The Bertz CT molecular complexity index is 1350. The molecule has 37 heavy (non-hydrogen) atoms. The molecule has 3 aromatic rings. The van der Waals surface area contributed by atoms with Gasteiger partial charge in [-0.2, -0.15) is 0 Å². The molecule has 5 rings (SSSR count). The summed E-state index contributed by atoms with van der Waals surface area (Å²) in [4.78, 5) is 4.36. The molecule has 3 aromatic heterocycles. The van der Waals surface area contributed by atoms with Gasteiger partial charge in [0.2, 0.25) is 5.92 Å². The highest BCUT2D eigenvalue weighted by Crippen LogP contribution is 2.51. The lowest BCUT2D eigenvalue weighted by Crippen LogP contribution is -2.42. The van der Waals surface area contributed by atoms with Crippen LogP contribution in [0.3, 0.4) is 0 Å². The average molecular weight is 529 g/mol. The molecule has 1 atom stereocenters. The molecule has 0 spiro atoms. The standard InChI is InChI=1S/C26H31ClF2N8/c1-16-6-10-36-14-17(18-12-22(32-13-19(18)27)33-21(31-3)5-9-30)11-20(36)23-34-35-24(37(16)23)26(7-4-8-26)15-25(2,28)29/h5,9,11-14,16,30-31H,4,6-8,10,15H2,1-3H3,(H,32,33)/b21-5+,30-9?/t16-/m0/s1. The maximum absolute atomic E-state index is 14.2. The van der Waals surface area contributed by atoms with Gasteiger partial charge in [0, 0.05) is 61.2 Å². The van der Waals surface area contributed by atoms with Crippen LogP contribution in [0, 0.1) is 5.41 Å². The minimum absolute atomic E-state index is 0.0900. The van der Waals surface area contributed by atoms with E-state index < -0.39 is 11.3 Å². The number of hydrogen-bond acceptors (Lipinski definition) is 6. The second kappa shape index (κ2) is 9.55. The second-order valence-corrected chi connectivity index (χ2v) is 10.6. The Morgan fingerprint density at radius 3 is 2.76 bits per heavy atom. The van der Waals surface area contributed by atoms with Crippen molar-refractivity contribution in [1.29, 1.82) is 5.41 Å². The Hall–Kier alpha value is -3.27. The molecule has 0 aromatic carbocycles. The lowest BCUT2D eigenvalue weighted by Gasteiger charge is -2.43. The molecular weight excluding hydrogens is 498 g/mol. The van der Waals surface area contributed by atoms with Crippen LogP contribution in [0.15, 0.2) is 36.4 Å². The van der Waals surface area contributed by atoms with Gasteiger partial charge in [-0.25, -0.2) is 13.8 Å². The van der Waals surface area contributed by atoms with Gasteiger partial charge < -0.3 is 25.2 Å². The van der Waals surface area contributed by atoms with Gasteiger partial charge in [-0.05, 0) is 51.3 Å². The Morgan fingerprint density at radius 2 is 2.11 bits per heavy atom. The number of fused-ring (bicyclic) bond motifs is 3. The molecule has 0 saturated heterocycles. The molecule has 0 unspecified atom stereocenters. The fraction of sp³-hybridized carbons (Fsp3) is 0.462. The fourth-order valence-corrected chi connectivity index (χ4v) is 5.76. The summed E-state index contributed by atoms with van der Waals surface area (Å²) in [7, 11) is 1.75. The predicted molar refractivity (Wildman–Crippen MR) is 141 cm³/mol. The number of nitrogens with one attached hydrogen (secondary N) is 3. The van der Waals surface area contributed by atoms with Gasteiger partial charge in [0.1, 0.15) is 17.5 Å². The minimum Gasteiger partial charge on any atom is -0.375 e. The van der Waals surface area contributed by atoms with E-state index in [1.54, 1.807) is 19.3 Å². The van der Waals surface area contributed by atoms with Gasteiger partial charge in [-0.3, -0.25) is 0 Å². The van der Waals surface area contributed by atoms with Crippen molar-refractivity contribution in [2.24, 2.45) is 0 Å². The number of halogens is 3. The summed E-state index contributed by atoms with van der Waals surface area (Å²) >= 11 is 6.56. The number of anilines is 1. The number of allylic oxidation sites excluding steroid dienone is 1. The monoisotopic (exact) mass is 528 g/mol. The first-order valence-electron chi connectivity index (χ1n) is 12.5. The van der Waals surface area contributed by atoms with E-state index >= 15 is 0 Å². The highest BCUT2D eigenvalue weighted by Gasteiger charge is 2.49. The molecular formula is C26H31ClF2N8. The summed E-state index contributed by atoms with van der Waals surface area (Å²) in [5.74, 6) is -0.175. The average Bonchev–Trinajstić information content (AvgIpc) is 3.42. The third-order valence-corrected chi connectivity index (χ3v) is 7.73. The number of rotatable bonds is 8. The minimum atomic E-state index is -2.76. The lowest BCUT2D eigenvalue weighted by molar-refractivity contribution is -0.0304. The van der Waals surface area contributed by atoms with E-state index in [1.165, 1.54) is 6.21 Å². The van der Waals surface area contributed by atoms with Crippen molar-refractivity contribution in [2.75, 3.05) is 12.4 Å². The van der Waals surface area contributed by atoms with Gasteiger partial charge in [0.05, 0.1) is 10.7 Å². The molecule has 1 aliphatic heterocycles. The second-order valence-electron chi connectivity index (χ2n) is 10.2. The number of nitrogens with zero attached hydrogens (tertiary/aromatic N) is 5. The van der Waals surface area contributed by atoms with Crippen molar-refractivity contribution in [3.8, 4) is 22.6 Å². The molecule has 4 heterocycles. The predicted octanol–water partition coefficient (Wildman–Crippen LogP) is 6.02. The van der Waals surface area contributed by atoms with Crippen LogP contribution in [0.1, 0.15) is 57.8 Å². The van der Waals surface area contributed by atoms with Crippen molar-refractivity contribution >= 4 is 23.6 Å². The summed E-state index contributed by atoms with van der Waals surface area (Å²) in [6.07, 6.45) is 9.36. The SMILES string of the molecule is CN/C(=C\C=N)Nc1cc(-c2cc3n(c2)CC[C@H](C)n2c-3nnc2C2(CC(C)(F)F)CCC2)c(Cl)cn1. The molecule has 0 radical (unpaired) electrons. The van der Waals surface area contributed by atoms with Crippen LogP contribution in [0.4, 0.5) is 14.6 Å². The van der Waals surface area contributed by atoms with Gasteiger partial charge in [0.15, 0.2) is 5.82 Å². The van der Waals surface area contributed by atoms with E-state index in [0.29, 0.717) is 41.2 Å². The van der Waals surface area contributed by atoms with Crippen LogP contribution in [-0.2, 0) is 12.0 Å². The number of aryl methyl sites for hydroxylation is 1. The Labute approximate surface area is 219 Å². The normalized spacial score (nSPS) is 18.9. The first-order valence-corrected chi connectivity index (χ1v) is 12.9. The number of aromatic nitrogens is 5. The molecule has 0 bridgehead atoms. The van der Waals surface area contributed by atoms with Gasteiger partial charge >= 0.3 is 0 Å². The Balaban J connectivity index is 1.55. The van der Waals surface area contributed by atoms with Gasteiger partial charge in [-0.1, -0.05) is 18.0 Å². The summed E-state index contributed by atoms with van der Waals surface area (Å²) < 4.78 is 32.6. The summed E-state index contributed by atoms with van der Waals surface area (Å²) in [6.45, 7) is 3.87. The molecule has 1 saturated carbocycles. The molecule has 8 nitrogen and oxygen atoms in total. The Morgan fingerprint density at radius 1 is 1.32 bits per heavy atom. The third kappa shape index (κ3) is 4.74. The zero-order valence-corrected chi connectivity index (χ0v) is 21.9. The van der Waals surface area contributed by atoms with Crippen molar-refractivity contribution in [3.63, 3.8) is 0 Å². The molecule has 1 aliphatic carbocycles. The highest BCUT2D eigenvalue weighted by atomic mass is 35.5. The molecule has 3 N–H and O–H groups in total. The van der Waals surface area contributed by atoms with E-state index in [9.17, 15) is 8.78 Å². The molecule has 196 valence electrons. The topological polar surface area (TPSA) is 96.4 Å². The molecule has 1 fully saturated rings. The summed E-state index contributed by atoms with van der Waals surface area (Å²) in [5.41, 5.74) is 1.95. The fourth-order valence-electron chi connectivity index (χ4n) is 5.54. The van der Waals surface area contributed by atoms with Crippen molar-refractivity contribution in [2.45, 2.75) is 69.9 Å². The number of hydrogen-bond donors (Lipinski definition) is 3. The van der Waals surface area contributed by atoms with Crippen LogP contribution in [-0.4, -0.2) is 43.5 Å². The van der Waals surface area contributed by atoms with Crippen LogP contribution in [0.25, 0.3) is 22.6 Å². The third-order valence-electron chi connectivity index (χ3n) is 7.43. The molecule has 0 amide bonds.